The number of ether oxygens (including phenoxy) is 2. The highest BCUT2D eigenvalue weighted by Crippen LogP contribution is 2.43. The Kier molecular flexibility index (Phi) is 4.85. The first kappa shape index (κ1) is 15.4. The van der Waals surface area contributed by atoms with Gasteiger partial charge in [-0.25, -0.2) is 0 Å². The molecule has 1 aliphatic heterocycles. The summed E-state index contributed by atoms with van der Waals surface area (Å²) < 4.78 is 11.8. The minimum atomic E-state index is -0.705. The molecule has 0 fully saturated rings. The first-order chi connectivity index (χ1) is 10.2. The Morgan fingerprint density at radius 3 is 2.81 bits per heavy atom. The fraction of sp³-hybridized carbons (Fsp3) is 0.529. The number of rotatable bonds is 6. The van der Waals surface area contributed by atoms with Crippen molar-refractivity contribution in [3.8, 4) is 17.6 Å². The van der Waals surface area contributed by atoms with Crippen molar-refractivity contribution in [2.45, 2.75) is 39.2 Å². The molecule has 0 N–H and O–H groups in total. The lowest BCUT2D eigenvalue weighted by atomic mass is 9.69. The summed E-state index contributed by atoms with van der Waals surface area (Å²) in [6, 6.07) is 9.91. The van der Waals surface area contributed by atoms with Gasteiger partial charge in [0.15, 0.2) is 17.6 Å². The van der Waals surface area contributed by atoms with E-state index in [4.69, 9.17) is 9.47 Å². The maximum absolute atomic E-state index is 10.8. The van der Waals surface area contributed by atoms with Gasteiger partial charge in [-0.2, -0.15) is 5.26 Å². The number of para-hydroxylation sites is 2. The molecule has 0 bridgehead atoms. The van der Waals surface area contributed by atoms with Crippen molar-refractivity contribution in [2.75, 3.05) is 6.61 Å². The molecule has 112 valence electrons. The standard InChI is InChI=1S/C17H21NO3/c1-3-13(2)17(12-18,9-6-10-19)16-11-20-14-7-4-5-8-15(14)21-16/h4-5,7-8,10,13,16H,3,6,9,11H2,1-2H3. The lowest BCUT2D eigenvalue weighted by Crippen LogP contribution is -2.48. The fourth-order valence-electron chi connectivity index (χ4n) is 2.90. The van der Waals surface area contributed by atoms with Gasteiger partial charge in [-0.15, -0.1) is 0 Å². The van der Waals surface area contributed by atoms with E-state index in [0.29, 0.717) is 30.9 Å². The first-order valence-electron chi connectivity index (χ1n) is 7.41. The van der Waals surface area contributed by atoms with Crippen LogP contribution >= 0.6 is 0 Å². The molecule has 3 unspecified atom stereocenters. The van der Waals surface area contributed by atoms with Crippen LogP contribution in [0.15, 0.2) is 24.3 Å². The molecule has 1 aromatic rings. The number of fused-ring (bicyclic) bond motifs is 1. The quantitative estimate of drug-likeness (QED) is 0.753. The van der Waals surface area contributed by atoms with E-state index in [0.717, 1.165) is 12.7 Å². The van der Waals surface area contributed by atoms with Crippen LogP contribution in [-0.4, -0.2) is 19.0 Å². The molecule has 3 atom stereocenters. The predicted molar refractivity (Wildman–Crippen MR) is 79.2 cm³/mol. The SMILES string of the molecule is CCC(C)C(C#N)(CCC=O)C1COc2ccccc2O1. The smallest absolute Gasteiger partial charge is 0.161 e. The fourth-order valence-corrected chi connectivity index (χ4v) is 2.90. The molecule has 21 heavy (non-hydrogen) atoms. The molecule has 4 heteroatoms. The summed E-state index contributed by atoms with van der Waals surface area (Å²) >= 11 is 0. The van der Waals surface area contributed by atoms with E-state index in [1.807, 2.05) is 31.2 Å². The molecule has 2 rings (SSSR count). The Labute approximate surface area is 125 Å². The number of nitrogens with zero attached hydrogens (tertiary/aromatic N) is 1. The van der Waals surface area contributed by atoms with Gasteiger partial charge in [-0.1, -0.05) is 32.4 Å². The van der Waals surface area contributed by atoms with Crippen molar-refractivity contribution in [3.05, 3.63) is 24.3 Å². The van der Waals surface area contributed by atoms with E-state index in [-0.39, 0.29) is 12.0 Å². The van der Waals surface area contributed by atoms with Crippen LogP contribution in [0.1, 0.15) is 33.1 Å². The topological polar surface area (TPSA) is 59.3 Å². The first-order valence-corrected chi connectivity index (χ1v) is 7.41. The summed E-state index contributed by atoms with van der Waals surface area (Å²) in [5, 5.41) is 9.80. The maximum Gasteiger partial charge on any atom is 0.161 e. The summed E-state index contributed by atoms with van der Waals surface area (Å²) in [6.45, 7) is 4.43. The van der Waals surface area contributed by atoms with Gasteiger partial charge < -0.3 is 14.3 Å². The largest absolute Gasteiger partial charge is 0.486 e. The lowest BCUT2D eigenvalue weighted by molar-refractivity contribution is -0.109. The van der Waals surface area contributed by atoms with Crippen molar-refractivity contribution in [2.24, 2.45) is 11.3 Å². The van der Waals surface area contributed by atoms with Crippen molar-refractivity contribution in [3.63, 3.8) is 0 Å². The molecule has 4 nitrogen and oxygen atoms in total. The molecule has 1 aliphatic rings. The molecule has 1 aromatic carbocycles. The van der Waals surface area contributed by atoms with Gasteiger partial charge in [0.1, 0.15) is 18.3 Å². The molecular weight excluding hydrogens is 266 g/mol. The molecule has 1 heterocycles. The van der Waals surface area contributed by atoms with Gasteiger partial charge in [0.2, 0.25) is 0 Å². The Morgan fingerprint density at radius 1 is 1.48 bits per heavy atom. The second kappa shape index (κ2) is 6.62. The van der Waals surface area contributed by atoms with Crippen LogP contribution in [0.5, 0.6) is 11.5 Å². The number of hydrogen-bond acceptors (Lipinski definition) is 4. The van der Waals surface area contributed by atoms with E-state index in [1.54, 1.807) is 0 Å². The van der Waals surface area contributed by atoms with Gasteiger partial charge in [-0.3, -0.25) is 0 Å². The van der Waals surface area contributed by atoms with Gasteiger partial charge in [0, 0.05) is 6.42 Å². The highest BCUT2D eigenvalue weighted by atomic mass is 16.6. The second-order valence-corrected chi connectivity index (χ2v) is 5.53. The molecule has 0 aliphatic carbocycles. The van der Waals surface area contributed by atoms with Crippen LogP contribution < -0.4 is 9.47 Å². The molecule has 0 amide bonds. The monoisotopic (exact) mass is 287 g/mol. The summed E-state index contributed by atoms with van der Waals surface area (Å²) in [5.74, 6) is 1.50. The van der Waals surface area contributed by atoms with E-state index in [2.05, 4.69) is 13.0 Å². The zero-order valence-electron chi connectivity index (χ0n) is 12.5. The number of nitriles is 1. The van der Waals surface area contributed by atoms with Gasteiger partial charge in [-0.05, 0) is 24.5 Å². The maximum atomic E-state index is 10.8. The predicted octanol–water partition coefficient (Wildman–Crippen LogP) is 3.36. The summed E-state index contributed by atoms with van der Waals surface area (Å²) in [4.78, 5) is 10.8. The van der Waals surface area contributed by atoms with Crippen LogP contribution in [0.2, 0.25) is 0 Å². The van der Waals surface area contributed by atoms with Crippen molar-refractivity contribution in [1.29, 1.82) is 5.26 Å². The average molecular weight is 287 g/mol. The molecule has 0 spiro atoms. The van der Waals surface area contributed by atoms with E-state index in [1.165, 1.54) is 0 Å². The second-order valence-electron chi connectivity index (χ2n) is 5.53. The average Bonchev–Trinajstić information content (AvgIpc) is 2.55. The molecular formula is C17H21NO3. The van der Waals surface area contributed by atoms with Crippen LogP contribution in [0.4, 0.5) is 0 Å². The zero-order chi connectivity index (χ0) is 15.3. The molecule has 0 radical (unpaired) electrons. The van der Waals surface area contributed by atoms with Crippen molar-refractivity contribution >= 4 is 6.29 Å². The Hall–Kier alpha value is -2.02. The molecule has 0 aromatic heterocycles. The van der Waals surface area contributed by atoms with Crippen LogP contribution in [-0.2, 0) is 4.79 Å². The third-order valence-electron chi connectivity index (χ3n) is 4.46. The van der Waals surface area contributed by atoms with E-state index >= 15 is 0 Å². The van der Waals surface area contributed by atoms with Crippen LogP contribution in [0.25, 0.3) is 0 Å². The van der Waals surface area contributed by atoms with E-state index < -0.39 is 5.41 Å². The number of hydrogen-bond donors (Lipinski definition) is 0. The lowest BCUT2D eigenvalue weighted by Gasteiger charge is -2.41. The third kappa shape index (κ3) is 2.87. The Bertz CT molecular complexity index is 537. The highest BCUT2D eigenvalue weighted by Gasteiger charge is 2.46. The van der Waals surface area contributed by atoms with E-state index in [9.17, 15) is 10.1 Å². The summed E-state index contributed by atoms with van der Waals surface area (Å²) in [5.41, 5.74) is -0.705. The minimum Gasteiger partial charge on any atom is -0.486 e. The van der Waals surface area contributed by atoms with Crippen LogP contribution in [0, 0.1) is 22.7 Å². The molecule has 0 saturated carbocycles. The number of benzene rings is 1. The molecule has 0 saturated heterocycles. The minimum absolute atomic E-state index is 0.126. The third-order valence-corrected chi connectivity index (χ3v) is 4.46. The van der Waals surface area contributed by atoms with Crippen LogP contribution in [0.3, 0.4) is 0 Å². The van der Waals surface area contributed by atoms with Gasteiger partial charge in [0.05, 0.1) is 6.07 Å². The summed E-state index contributed by atoms with van der Waals surface area (Å²) in [7, 11) is 0. The van der Waals surface area contributed by atoms with Gasteiger partial charge >= 0.3 is 0 Å². The van der Waals surface area contributed by atoms with Gasteiger partial charge in [0.25, 0.3) is 0 Å². The van der Waals surface area contributed by atoms with Crippen molar-refractivity contribution in [1.82, 2.24) is 0 Å². The number of aldehydes is 1. The van der Waals surface area contributed by atoms with Crippen molar-refractivity contribution < 1.29 is 14.3 Å². The normalized spacial score (nSPS) is 20.9. The highest BCUT2D eigenvalue weighted by molar-refractivity contribution is 5.49. The number of carbonyl (C=O) groups is 1. The Balaban J connectivity index is 2.30. The zero-order valence-corrected chi connectivity index (χ0v) is 12.5. The summed E-state index contributed by atoms with van der Waals surface area (Å²) in [6.07, 6.45) is 2.23. The Morgan fingerprint density at radius 2 is 2.19 bits per heavy atom. The number of carbonyl (C=O) groups excluding carboxylic acids is 1.